The van der Waals surface area contributed by atoms with Crippen molar-refractivity contribution in [2.24, 2.45) is 16.6 Å². The summed E-state index contributed by atoms with van der Waals surface area (Å²) in [5, 5.41) is 3.07. The Morgan fingerprint density at radius 3 is 2.88 bits per heavy atom. The predicted molar refractivity (Wildman–Crippen MR) is 67.6 cm³/mol. The minimum absolute atomic E-state index is 0.561. The lowest BCUT2D eigenvalue weighted by atomic mass is 9.86. The molecule has 0 aromatic carbocycles. The number of ether oxygens (including phenoxy) is 1. The van der Waals surface area contributed by atoms with Crippen molar-refractivity contribution >= 4 is 5.96 Å². The fraction of sp³-hybridized carbons (Fsp3) is 0.917. The highest BCUT2D eigenvalue weighted by atomic mass is 16.5. The Bertz CT molecular complexity index is 202. The van der Waals surface area contributed by atoms with Crippen molar-refractivity contribution in [3.63, 3.8) is 0 Å². The number of guanidine groups is 1. The Balaban J connectivity index is 1.90. The van der Waals surface area contributed by atoms with Crippen LogP contribution in [0.5, 0.6) is 0 Å². The highest BCUT2D eigenvalue weighted by Gasteiger charge is 2.16. The average Bonchev–Trinajstić information content (AvgIpc) is 2.21. The fourth-order valence-corrected chi connectivity index (χ4v) is 1.56. The fourth-order valence-electron chi connectivity index (χ4n) is 1.56. The Kier molecular flexibility index (Phi) is 6.97. The van der Waals surface area contributed by atoms with Crippen LogP contribution in [0.4, 0.5) is 0 Å². The minimum atomic E-state index is 0.561. The van der Waals surface area contributed by atoms with Crippen molar-refractivity contribution in [2.75, 3.05) is 26.3 Å². The van der Waals surface area contributed by atoms with E-state index >= 15 is 0 Å². The third kappa shape index (κ3) is 5.95. The van der Waals surface area contributed by atoms with Gasteiger partial charge in [0.25, 0.3) is 0 Å². The van der Waals surface area contributed by atoms with Crippen LogP contribution < -0.4 is 11.1 Å². The first kappa shape index (κ1) is 13.3. The Morgan fingerprint density at radius 1 is 1.44 bits per heavy atom. The normalized spacial score (nSPS) is 17.2. The van der Waals surface area contributed by atoms with Crippen molar-refractivity contribution in [1.82, 2.24) is 5.32 Å². The van der Waals surface area contributed by atoms with Gasteiger partial charge in [-0.05, 0) is 25.2 Å². The zero-order chi connectivity index (χ0) is 11.6. The first-order chi connectivity index (χ1) is 7.83. The van der Waals surface area contributed by atoms with Crippen LogP contribution in [0.3, 0.4) is 0 Å². The number of hydrogen-bond acceptors (Lipinski definition) is 2. The summed E-state index contributed by atoms with van der Waals surface area (Å²) in [6, 6.07) is 0. The van der Waals surface area contributed by atoms with Crippen LogP contribution >= 0.6 is 0 Å². The summed E-state index contributed by atoms with van der Waals surface area (Å²) in [6.07, 6.45) is 6.30. The third-order valence-electron chi connectivity index (χ3n) is 2.94. The molecule has 0 aromatic heterocycles. The highest BCUT2D eigenvalue weighted by Crippen LogP contribution is 2.26. The molecule has 16 heavy (non-hydrogen) atoms. The largest absolute Gasteiger partial charge is 0.380 e. The lowest BCUT2D eigenvalue weighted by molar-refractivity contribution is 0.136. The van der Waals surface area contributed by atoms with Gasteiger partial charge in [-0.25, -0.2) is 0 Å². The molecule has 1 rings (SSSR count). The third-order valence-corrected chi connectivity index (χ3v) is 2.94. The number of aliphatic imine (C=N–C) groups is 1. The van der Waals surface area contributed by atoms with E-state index in [0.717, 1.165) is 32.0 Å². The van der Waals surface area contributed by atoms with E-state index in [4.69, 9.17) is 10.5 Å². The van der Waals surface area contributed by atoms with Crippen LogP contribution in [0, 0.1) is 5.92 Å². The SMILES string of the molecule is CCCCOCCNC(N)=NCC1CCC1. The zero-order valence-electron chi connectivity index (χ0n) is 10.4. The lowest BCUT2D eigenvalue weighted by Crippen LogP contribution is -2.35. The van der Waals surface area contributed by atoms with Crippen LogP contribution in [-0.4, -0.2) is 32.3 Å². The minimum Gasteiger partial charge on any atom is -0.380 e. The van der Waals surface area contributed by atoms with Gasteiger partial charge < -0.3 is 15.8 Å². The molecule has 0 bridgehead atoms. The van der Waals surface area contributed by atoms with Crippen LogP contribution in [0.25, 0.3) is 0 Å². The molecule has 0 atom stereocenters. The number of unbranched alkanes of at least 4 members (excludes halogenated alkanes) is 1. The zero-order valence-corrected chi connectivity index (χ0v) is 10.4. The maximum Gasteiger partial charge on any atom is 0.188 e. The van der Waals surface area contributed by atoms with Gasteiger partial charge >= 0.3 is 0 Å². The van der Waals surface area contributed by atoms with Crippen LogP contribution in [0.1, 0.15) is 39.0 Å². The molecule has 0 aromatic rings. The molecule has 0 amide bonds. The number of nitrogens with zero attached hydrogens (tertiary/aromatic N) is 1. The number of rotatable bonds is 8. The summed E-state index contributed by atoms with van der Waals surface area (Å²) < 4.78 is 5.41. The molecular weight excluding hydrogens is 202 g/mol. The average molecular weight is 227 g/mol. The van der Waals surface area contributed by atoms with Gasteiger partial charge in [-0.15, -0.1) is 0 Å². The molecule has 1 aliphatic carbocycles. The maximum atomic E-state index is 5.73. The van der Waals surface area contributed by atoms with Crippen molar-refractivity contribution in [3.05, 3.63) is 0 Å². The van der Waals surface area contributed by atoms with Crippen LogP contribution in [0.15, 0.2) is 4.99 Å². The Labute approximate surface area is 98.6 Å². The molecule has 4 heteroatoms. The molecular formula is C12H25N3O. The molecule has 0 heterocycles. The highest BCUT2D eigenvalue weighted by molar-refractivity contribution is 5.77. The van der Waals surface area contributed by atoms with Crippen LogP contribution in [-0.2, 0) is 4.74 Å². The number of hydrogen-bond donors (Lipinski definition) is 2. The van der Waals surface area contributed by atoms with E-state index in [2.05, 4.69) is 17.2 Å². The molecule has 0 saturated heterocycles. The topological polar surface area (TPSA) is 59.6 Å². The molecule has 1 fully saturated rings. The molecule has 0 spiro atoms. The van der Waals surface area contributed by atoms with E-state index < -0.39 is 0 Å². The molecule has 0 aliphatic heterocycles. The van der Waals surface area contributed by atoms with E-state index in [1.807, 2.05) is 0 Å². The quantitative estimate of drug-likeness (QED) is 0.375. The summed E-state index contributed by atoms with van der Waals surface area (Å²) in [6.45, 7) is 5.35. The molecule has 0 unspecified atom stereocenters. The molecule has 4 nitrogen and oxygen atoms in total. The van der Waals surface area contributed by atoms with E-state index in [1.165, 1.54) is 25.7 Å². The van der Waals surface area contributed by atoms with E-state index in [-0.39, 0.29) is 0 Å². The second-order valence-corrected chi connectivity index (χ2v) is 4.42. The van der Waals surface area contributed by atoms with E-state index in [0.29, 0.717) is 12.6 Å². The summed E-state index contributed by atoms with van der Waals surface area (Å²) in [7, 11) is 0. The summed E-state index contributed by atoms with van der Waals surface area (Å²) in [5.74, 6) is 1.34. The monoisotopic (exact) mass is 227 g/mol. The summed E-state index contributed by atoms with van der Waals surface area (Å²) >= 11 is 0. The molecule has 1 saturated carbocycles. The van der Waals surface area contributed by atoms with Gasteiger partial charge in [0, 0.05) is 19.7 Å². The van der Waals surface area contributed by atoms with Gasteiger partial charge in [-0.3, -0.25) is 4.99 Å². The molecule has 3 N–H and O–H groups in total. The van der Waals surface area contributed by atoms with Crippen LogP contribution in [0.2, 0.25) is 0 Å². The van der Waals surface area contributed by atoms with Gasteiger partial charge in [-0.1, -0.05) is 19.8 Å². The molecule has 0 radical (unpaired) electrons. The second-order valence-electron chi connectivity index (χ2n) is 4.42. The smallest absolute Gasteiger partial charge is 0.188 e. The lowest BCUT2D eigenvalue weighted by Gasteiger charge is -2.23. The van der Waals surface area contributed by atoms with Gasteiger partial charge in [0.05, 0.1) is 6.61 Å². The van der Waals surface area contributed by atoms with Crippen molar-refractivity contribution in [1.29, 1.82) is 0 Å². The first-order valence-corrected chi connectivity index (χ1v) is 6.44. The van der Waals surface area contributed by atoms with Crippen molar-refractivity contribution in [3.8, 4) is 0 Å². The standard InChI is InChI=1S/C12H25N3O/c1-2-3-8-16-9-7-14-12(13)15-10-11-5-4-6-11/h11H,2-10H2,1H3,(H3,13,14,15). The molecule has 94 valence electrons. The molecule has 1 aliphatic rings. The van der Waals surface area contributed by atoms with Gasteiger partial charge in [0.15, 0.2) is 5.96 Å². The van der Waals surface area contributed by atoms with E-state index in [1.54, 1.807) is 0 Å². The maximum absolute atomic E-state index is 5.73. The van der Waals surface area contributed by atoms with E-state index in [9.17, 15) is 0 Å². The van der Waals surface area contributed by atoms with Gasteiger partial charge in [0.2, 0.25) is 0 Å². The summed E-state index contributed by atoms with van der Waals surface area (Å²) in [5.41, 5.74) is 5.73. The van der Waals surface area contributed by atoms with Gasteiger partial charge in [-0.2, -0.15) is 0 Å². The second kappa shape index (κ2) is 8.39. The Hall–Kier alpha value is -0.770. The first-order valence-electron chi connectivity index (χ1n) is 6.44. The summed E-state index contributed by atoms with van der Waals surface area (Å²) in [4.78, 5) is 4.31. The Morgan fingerprint density at radius 2 is 2.25 bits per heavy atom. The predicted octanol–water partition coefficient (Wildman–Crippen LogP) is 1.51. The number of nitrogens with one attached hydrogen (secondary N) is 1. The van der Waals surface area contributed by atoms with Crippen molar-refractivity contribution in [2.45, 2.75) is 39.0 Å². The number of nitrogens with two attached hydrogens (primary N) is 1. The van der Waals surface area contributed by atoms with Crippen molar-refractivity contribution < 1.29 is 4.74 Å². The van der Waals surface area contributed by atoms with Gasteiger partial charge in [0.1, 0.15) is 0 Å².